The van der Waals surface area contributed by atoms with Gasteiger partial charge in [0.2, 0.25) is 11.6 Å². The Hall–Kier alpha value is -2.84. The van der Waals surface area contributed by atoms with E-state index in [0.717, 1.165) is 18.5 Å². The highest BCUT2D eigenvalue weighted by atomic mass is 19.2. The van der Waals surface area contributed by atoms with Crippen molar-refractivity contribution in [2.24, 2.45) is 0 Å². The Kier molecular flexibility index (Phi) is 3.69. The van der Waals surface area contributed by atoms with Gasteiger partial charge in [0.25, 0.3) is 0 Å². The number of aromatic nitrogens is 2. The van der Waals surface area contributed by atoms with Crippen LogP contribution in [0.5, 0.6) is 0 Å². The Labute approximate surface area is 111 Å². The van der Waals surface area contributed by atoms with Crippen molar-refractivity contribution in [3.63, 3.8) is 0 Å². The highest BCUT2D eigenvalue weighted by molar-refractivity contribution is 5.73. The number of nitro groups is 1. The lowest BCUT2D eigenvalue weighted by molar-refractivity contribution is -0.383. The Morgan fingerprint density at radius 3 is 2.50 bits per heavy atom. The van der Waals surface area contributed by atoms with E-state index in [0.29, 0.717) is 0 Å². The minimum atomic E-state index is -1.07. The van der Waals surface area contributed by atoms with Crippen molar-refractivity contribution in [2.75, 3.05) is 17.7 Å². The monoisotopic (exact) mass is 281 g/mol. The molecule has 0 amide bonds. The fourth-order valence-electron chi connectivity index (χ4n) is 1.54. The first-order valence-corrected chi connectivity index (χ1v) is 5.42. The van der Waals surface area contributed by atoms with Gasteiger partial charge < -0.3 is 10.6 Å². The highest BCUT2D eigenvalue weighted by Gasteiger charge is 2.22. The van der Waals surface area contributed by atoms with E-state index in [1.54, 1.807) is 0 Å². The molecule has 0 aliphatic rings. The van der Waals surface area contributed by atoms with Crippen molar-refractivity contribution in [1.82, 2.24) is 9.97 Å². The topological polar surface area (TPSA) is 93.0 Å². The van der Waals surface area contributed by atoms with Crippen molar-refractivity contribution in [2.45, 2.75) is 0 Å². The molecule has 20 heavy (non-hydrogen) atoms. The van der Waals surface area contributed by atoms with Gasteiger partial charge in [0.15, 0.2) is 11.6 Å². The number of rotatable bonds is 4. The van der Waals surface area contributed by atoms with E-state index >= 15 is 0 Å². The smallest absolute Gasteiger partial charge is 0.353 e. The van der Waals surface area contributed by atoms with Crippen LogP contribution in [0.1, 0.15) is 0 Å². The fourth-order valence-corrected chi connectivity index (χ4v) is 1.54. The van der Waals surface area contributed by atoms with Gasteiger partial charge in [0.1, 0.15) is 6.33 Å². The zero-order chi connectivity index (χ0) is 14.7. The first-order chi connectivity index (χ1) is 9.52. The number of hydrogen-bond acceptors (Lipinski definition) is 6. The molecular weight excluding hydrogens is 272 g/mol. The van der Waals surface area contributed by atoms with Crippen LogP contribution in [0.2, 0.25) is 0 Å². The zero-order valence-electron chi connectivity index (χ0n) is 10.2. The van der Waals surface area contributed by atoms with Crippen molar-refractivity contribution >= 4 is 23.0 Å². The second-order valence-electron chi connectivity index (χ2n) is 3.68. The SMILES string of the molecule is CNc1ncnc(Nc2ccc(F)c(F)c2)c1[N+](=O)[O-]. The molecule has 0 radical (unpaired) electrons. The first kappa shape index (κ1) is 13.6. The maximum absolute atomic E-state index is 13.1. The van der Waals surface area contributed by atoms with Gasteiger partial charge in [-0.2, -0.15) is 0 Å². The molecule has 0 aliphatic heterocycles. The molecule has 1 heterocycles. The average Bonchev–Trinajstić information content (AvgIpc) is 2.42. The van der Waals surface area contributed by atoms with Gasteiger partial charge in [-0.15, -0.1) is 0 Å². The van der Waals surface area contributed by atoms with Gasteiger partial charge in [-0.1, -0.05) is 0 Å². The van der Waals surface area contributed by atoms with E-state index in [1.807, 2.05) is 0 Å². The quantitative estimate of drug-likeness (QED) is 0.660. The molecule has 0 atom stereocenters. The van der Waals surface area contributed by atoms with Crippen LogP contribution < -0.4 is 10.6 Å². The molecule has 0 unspecified atom stereocenters. The molecule has 0 saturated carbocycles. The number of hydrogen-bond donors (Lipinski definition) is 2. The summed E-state index contributed by atoms with van der Waals surface area (Å²) < 4.78 is 25.9. The van der Waals surface area contributed by atoms with E-state index < -0.39 is 16.6 Å². The molecular formula is C11H9F2N5O2. The molecule has 104 valence electrons. The number of anilines is 3. The van der Waals surface area contributed by atoms with Gasteiger partial charge in [-0.3, -0.25) is 10.1 Å². The summed E-state index contributed by atoms with van der Waals surface area (Å²) in [5, 5.41) is 16.1. The van der Waals surface area contributed by atoms with Crippen LogP contribution in [0.3, 0.4) is 0 Å². The molecule has 1 aromatic carbocycles. The van der Waals surface area contributed by atoms with Crippen LogP contribution in [-0.4, -0.2) is 21.9 Å². The summed E-state index contributed by atoms with van der Waals surface area (Å²) >= 11 is 0. The molecule has 0 bridgehead atoms. The van der Waals surface area contributed by atoms with Crippen LogP contribution in [-0.2, 0) is 0 Å². The lowest BCUT2D eigenvalue weighted by Crippen LogP contribution is -2.05. The molecule has 1 aromatic heterocycles. The van der Waals surface area contributed by atoms with Crippen molar-refractivity contribution in [3.8, 4) is 0 Å². The molecule has 0 fully saturated rings. The molecule has 0 spiro atoms. The fraction of sp³-hybridized carbons (Fsp3) is 0.0909. The lowest BCUT2D eigenvalue weighted by atomic mass is 10.3. The molecule has 0 saturated heterocycles. The number of nitrogens with zero attached hydrogens (tertiary/aromatic N) is 3. The summed E-state index contributed by atoms with van der Waals surface area (Å²) in [6.45, 7) is 0. The van der Waals surface area contributed by atoms with E-state index in [9.17, 15) is 18.9 Å². The third kappa shape index (κ3) is 2.60. The third-order valence-corrected chi connectivity index (χ3v) is 2.42. The van der Waals surface area contributed by atoms with Crippen molar-refractivity contribution < 1.29 is 13.7 Å². The van der Waals surface area contributed by atoms with Gasteiger partial charge in [0.05, 0.1) is 4.92 Å². The second kappa shape index (κ2) is 5.43. The van der Waals surface area contributed by atoms with Crippen molar-refractivity contribution in [3.05, 3.63) is 46.3 Å². The summed E-state index contributed by atoms with van der Waals surface area (Å²) in [6, 6.07) is 3.02. The van der Waals surface area contributed by atoms with Gasteiger partial charge in [-0.05, 0) is 12.1 Å². The average molecular weight is 281 g/mol. The minimum Gasteiger partial charge on any atom is -0.367 e. The highest BCUT2D eigenvalue weighted by Crippen LogP contribution is 2.30. The van der Waals surface area contributed by atoms with Gasteiger partial charge >= 0.3 is 5.69 Å². The number of nitrogens with one attached hydrogen (secondary N) is 2. The Balaban J connectivity index is 2.42. The predicted octanol–water partition coefficient (Wildman–Crippen LogP) is 2.45. The zero-order valence-corrected chi connectivity index (χ0v) is 10.2. The molecule has 2 aromatic rings. The summed E-state index contributed by atoms with van der Waals surface area (Å²) in [7, 11) is 1.47. The van der Waals surface area contributed by atoms with E-state index in [4.69, 9.17) is 0 Å². The first-order valence-electron chi connectivity index (χ1n) is 5.42. The largest absolute Gasteiger partial charge is 0.367 e. The molecule has 9 heteroatoms. The Morgan fingerprint density at radius 2 is 1.90 bits per heavy atom. The standard InChI is InChI=1S/C11H9F2N5O2/c1-14-10-9(18(19)20)11(16-5-15-10)17-6-2-3-7(12)8(13)4-6/h2-5H,1H3,(H2,14,15,16,17). The van der Waals surface area contributed by atoms with Crippen LogP contribution >= 0.6 is 0 Å². The van der Waals surface area contributed by atoms with E-state index in [-0.39, 0.29) is 23.0 Å². The minimum absolute atomic E-state index is 0.00934. The Bertz CT molecular complexity index is 665. The molecule has 2 N–H and O–H groups in total. The summed E-state index contributed by atoms with van der Waals surface area (Å²) in [5.41, 5.74) is -0.257. The number of halogens is 2. The van der Waals surface area contributed by atoms with Gasteiger partial charge in [-0.25, -0.2) is 18.7 Å². The number of benzene rings is 1. The molecule has 7 nitrogen and oxygen atoms in total. The van der Waals surface area contributed by atoms with Crippen LogP contribution in [0, 0.1) is 21.7 Å². The van der Waals surface area contributed by atoms with Gasteiger partial charge in [0, 0.05) is 18.8 Å². The van der Waals surface area contributed by atoms with E-state index in [2.05, 4.69) is 20.6 Å². The second-order valence-corrected chi connectivity index (χ2v) is 3.68. The summed E-state index contributed by atoms with van der Waals surface area (Å²) in [5.74, 6) is -2.19. The van der Waals surface area contributed by atoms with E-state index in [1.165, 1.54) is 13.1 Å². The van der Waals surface area contributed by atoms with Crippen LogP contribution in [0.15, 0.2) is 24.5 Å². The van der Waals surface area contributed by atoms with Crippen LogP contribution in [0.4, 0.5) is 31.8 Å². The lowest BCUT2D eigenvalue weighted by Gasteiger charge is -2.08. The summed E-state index contributed by atoms with van der Waals surface area (Å²) in [6.07, 6.45) is 1.11. The normalized spacial score (nSPS) is 10.2. The third-order valence-electron chi connectivity index (χ3n) is 2.42. The van der Waals surface area contributed by atoms with Crippen molar-refractivity contribution in [1.29, 1.82) is 0 Å². The maximum atomic E-state index is 13.1. The summed E-state index contributed by atoms with van der Waals surface area (Å²) in [4.78, 5) is 17.8. The molecule has 0 aliphatic carbocycles. The maximum Gasteiger partial charge on any atom is 0.353 e. The Morgan fingerprint density at radius 1 is 1.20 bits per heavy atom. The molecule has 2 rings (SSSR count). The predicted molar refractivity (Wildman–Crippen MR) is 67.9 cm³/mol. The van der Waals surface area contributed by atoms with Crippen LogP contribution in [0.25, 0.3) is 0 Å².